The Morgan fingerprint density at radius 2 is 2.00 bits per heavy atom. The lowest BCUT2D eigenvalue weighted by molar-refractivity contribution is -0.121. The fourth-order valence-electron chi connectivity index (χ4n) is 2.63. The molecule has 8 heteroatoms. The minimum absolute atomic E-state index is 0.110. The maximum atomic E-state index is 11.7. The molecule has 0 saturated heterocycles. The van der Waals surface area contributed by atoms with Crippen molar-refractivity contribution in [2.24, 2.45) is 4.99 Å². The summed E-state index contributed by atoms with van der Waals surface area (Å²) in [5.74, 6) is 0.760. The number of aliphatic imine (C=N–C) groups is 1. The molecule has 0 heterocycles. The van der Waals surface area contributed by atoms with E-state index in [0.717, 1.165) is 30.4 Å². The second kappa shape index (κ2) is 9.02. The van der Waals surface area contributed by atoms with E-state index in [-0.39, 0.29) is 5.91 Å². The third kappa shape index (κ3) is 6.67. The minimum atomic E-state index is -3.20. The Bertz CT molecular complexity index is 771. The number of aryl methyl sites for hydroxylation is 1. The molecule has 1 aliphatic carbocycles. The van der Waals surface area contributed by atoms with E-state index >= 15 is 0 Å². The second-order valence-electron chi connectivity index (χ2n) is 6.67. The number of nitrogens with zero attached hydrogens (tertiary/aromatic N) is 1. The Morgan fingerprint density at radius 1 is 1.27 bits per heavy atom. The van der Waals surface area contributed by atoms with Crippen LogP contribution in [0.15, 0.2) is 28.1 Å². The summed E-state index contributed by atoms with van der Waals surface area (Å²) in [5.41, 5.74) is 1.71. The van der Waals surface area contributed by atoms with Crippen molar-refractivity contribution in [2.75, 3.05) is 19.8 Å². The van der Waals surface area contributed by atoms with Crippen LogP contribution < -0.4 is 16.0 Å². The highest BCUT2D eigenvalue weighted by Gasteiger charge is 2.22. The predicted molar refractivity (Wildman–Crippen MR) is 103 cm³/mol. The molecule has 1 aromatic rings. The highest BCUT2D eigenvalue weighted by Crippen LogP contribution is 2.18. The van der Waals surface area contributed by atoms with Crippen molar-refractivity contribution in [1.29, 1.82) is 0 Å². The Balaban J connectivity index is 1.74. The molecule has 7 nitrogen and oxygen atoms in total. The van der Waals surface area contributed by atoms with Crippen molar-refractivity contribution < 1.29 is 13.2 Å². The Kier molecular flexibility index (Phi) is 7.02. The van der Waals surface area contributed by atoms with Gasteiger partial charge >= 0.3 is 0 Å². The Morgan fingerprint density at radius 3 is 2.58 bits per heavy atom. The standard InChI is InChI=1S/C18H28N4O3S/c1-13-11-14(6-9-16(13)26(3,24)25)12-21-18(19-2)20-10-4-5-17(23)22-15-7-8-15/h6,9,11,15H,4-5,7-8,10,12H2,1-3H3,(H,22,23)(H2,19,20,21). The van der Waals surface area contributed by atoms with Gasteiger partial charge in [-0.25, -0.2) is 8.42 Å². The van der Waals surface area contributed by atoms with E-state index in [1.807, 2.05) is 6.07 Å². The molecular formula is C18H28N4O3S. The Labute approximate surface area is 155 Å². The number of guanidine groups is 1. The van der Waals surface area contributed by atoms with Crippen LogP contribution in [0.4, 0.5) is 0 Å². The summed E-state index contributed by atoms with van der Waals surface area (Å²) < 4.78 is 23.3. The van der Waals surface area contributed by atoms with Gasteiger partial charge in [-0.3, -0.25) is 9.79 Å². The molecule has 1 aliphatic rings. The van der Waals surface area contributed by atoms with E-state index in [4.69, 9.17) is 0 Å². The maximum absolute atomic E-state index is 11.7. The number of hydrogen-bond donors (Lipinski definition) is 3. The quantitative estimate of drug-likeness (QED) is 0.357. The average molecular weight is 381 g/mol. The van der Waals surface area contributed by atoms with E-state index < -0.39 is 9.84 Å². The van der Waals surface area contributed by atoms with Gasteiger partial charge in [0.15, 0.2) is 15.8 Å². The van der Waals surface area contributed by atoms with Gasteiger partial charge in [0.05, 0.1) is 4.90 Å². The van der Waals surface area contributed by atoms with Gasteiger partial charge in [-0.1, -0.05) is 12.1 Å². The SMILES string of the molecule is CN=C(NCCCC(=O)NC1CC1)NCc1ccc(S(C)(=O)=O)c(C)c1. The predicted octanol–water partition coefficient (Wildman–Crippen LogP) is 1.12. The zero-order valence-corrected chi connectivity index (χ0v) is 16.4. The van der Waals surface area contributed by atoms with Crippen molar-refractivity contribution in [3.63, 3.8) is 0 Å². The van der Waals surface area contributed by atoms with Crippen molar-refractivity contribution in [3.05, 3.63) is 29.3 Å². The monoisotopic (exact) mass is 380 g/mol. The van der Waals surface area contributed by atoms with Crippen molar-refractivity contribution in [1.82, 2.24) is 16.0 Å². The summed E-state index contributed by atoms with van der Waals surface area (Å²) in [4.78, 5) is 16.1. The molecule has 1 fully saturated rings. The maximum Gasteiger partial charge on any atom is 0.220 e. The van der Waals surface area contributed by atoms with E-state index in [2.05, 4.69) is 20.9 Å². The summed E-state index contributed by atoms with van der Waals surface area (Å²) in [5, 5.41) is 9.34. The lowest BCUT2D eigenvalue weighted by Crippen LogP contribution is -2.37. The number of amides is 1. The van der Waals surface area contributed by atoms with E-state index in [0.29, 0.717) is 36.4 Å². The summed E-state index contributed by atoms with van der Waals surface area (Å²) in [6, 6.07) is 5.70. The van der Waals surface area contributed by atoms with E-state index in [9.17, 15) is 13.2 Å². The zero-order valence-electron chi connectivity index (χ0n) is 15.6. The van der Waals surface area contributed by atoms with Gasteiger partial charge in [-0.05, 0) is 43.4 Å². The van der Waals surface area contributed by atoms with Gasteiger partial charge in [0.1, 0.15) is 0 Å². The first-order chi connectivity index (χ1) is 12.3. The summed E-state index contributed by atoms with van der Waals surface area (Å²) in [7, 11) is -1.51. The molecule has 0 atom stereocenters. The molecule has 0 aliphatic heterocycles. The molecular weight excluding hydrogens is 352 g/mol. The Hall–Kier alpha value is -2.09. The number of benzene rings is 1. The first-order valence-corrected chi connectivity index (χ1v) is 10.7. The normalized spacial score (nSPS) is 14.8. The van der Waals surface area contributed by atoms with Crippen LogP contribution in [0, 0.1) is 6.92 Å². The lowest BCUT2D eigenvalue weighted by Gasteiger charge is -2.13. The fraction of sp³-hybridized carbons (Fsp3) is 0.556. The molecule has 0 unspecified atom stereocenters. The molecule has 0 aromatic heterocycles. The zero-order chi connectivity index (χ0) is 19.2. The van der Waals surface area contributed by atoms with E-state index in [1.165, 1.54) is 6.26 Å². The van der Waals surface area contributed by atoms with Crippen LogP contribution in [0.5, 0.6) is 0 Å². The number of carbonyl (C=O) groups is 1. The summed E-state index contributed by atoms with van der Waals surface area (Å²) >= 11 is 0. The number of sulfone groups is 1. The number of rotatable bonds is 8. The molecule has 2 rings (SSSR count). The van der Waals surface area contributed by atoms with Gasteiger partial charge < -0.3 is 16.0 Å². The molecule has 1 amide bonds. The molecule has 1 aromatic carbocycles. The fourth-order valence-corrected chi connectivity index (χ4v) is 3.59. The van der Waals surface area contributed by atoms with Crippen LogP contribution in [-0.4, -0.2) is 46.2 Å². The molecule has 1 saturated carbocycles. The smallest absolute Gasteiger partial charge is 0.220 e. The van der Waals surface area contributed by atoms with Gasteiger partial charge in [0.25, 0.3) is 0 Å². The van der Waals surface area contributed by atoms with Crippen LogP contribution in [0.3, 0.4) is 0 Å². The first-order valence-electron chi connectivity index (χ1n) is 8.83. The average Bonchev–Trinajstić information content (AvgIpc) is 3.37. The molecule has 0 spiro atoms. The highest BCUT2D eigenvalue weighted by molar-refractivity contribution is 7.90. The van der Waals surface area contributed by atoms with Crippen LogP contribution >= 0.6 is 0 Å². The lowest BCUT2D eigenvalue weighted by atomic mass is 10.1. The van der Waals surface area contributed by atoms with Gasteiger partial charge in [0, 0.05) is 38.9 Å². The van der Waals surface area contributed by atoms with Crippen molar-refractivity contribution in [3.8, 4) is 0 Å². The van der Waals surface area contributed by atoms with Crippen molar-refractivity contribution in [2.45, 2.75) is 50.1 Å². The summed E-state index contributed by atoms with van der Waals surface area (Å²) in [6.45, 7) is 2.98. The molecule has 3 N–H and O–H groups in total. The van der Waals surface area contributed by atoms with Crippen LogP contribution in [0.2, 0.25) is 0 Å². The third-order valence-electron chi connectivity index (χ3n) is 4.14. The van der Waals surface area contributed by atoms with E-state index in [1.54, 1.807) is 26.1 Å². The van der Waals surface area contributed by atoms with Crippen molar-refractivity contribution >= 4 is 21.7 Å². The van der Waals surface area contributed by atoms with Crippen LogP contribution in [0.25, 0.3) is 0 Å². The molecule has 0 radical (unpaired) electrons. The van der Waals surface area contributed by atoms with Crippen LogP contribution in [0.1, 0.15) is 36.8 Å². The highest BCUT2D eigenvalue weighted by atomic mass is 32.2. The van der Waals surface area contributed by atoms with Gasteiger partial charge in [-0.15, -0.1) is 0 Å². The topological polar surface area (TPSA) is 99.7 Å². The molecule has 0 bridgehead atoms. The number of nitrogens with one attached hydrogen (secondary N) is 3. The molecule has 144 valence electrons. The largest absolute Gasteiger partial charge is 0.356 e. The number of carbonyl (C=O) groups excluding carboxylic acids is 1. The van der Waals surface area contributed by atoms with Gasteiger partial charge in [-0.2, -0.15) is 0 Å². The first kappa shape index (κ1) is 20.2. The minimum Gasteiger partial charge on any atom is -0.356 e. The summed E-state index contributed by atoms with van der Waals surface area (Å²) in [6.07, 6.45) is 4.66. The van der Waals surface area contributed by atoms with Gasteiger partial charge in [0.2, 0.25) is 5.91 Å². The van der Waals surface area contributed by atoms with Crippen LogP contribution in [-0.2, 0) is 21.2 Å². The second-order valence-corrected chi connectivity index (χ2v) is 8.65. The number of hydrogen-bond acceptors (Lipinski definition) is 4. The third-order valence-corrected chi connectivity index (χ3v) is 5.39. The molecule has 26 heavy (non-hydrogen) atoms.